The lowest BCUT2D eigenvalue weighted by Gasteiger charge is -2.25. The summed E-state index contributed by atoms with van der Waals surface area (Å²) in [6.45, 7) is 2.22. The Bertz CT molecular complexity index is 836. The molecule has 1 fully saturated rings. The zero-order valence-corrected chi connectivity index (χ0v) is 16.3. The lowest BCUT2D eigenvalue weighted by atomic mass is 10.1. The molecule has 1 aliphatic rings. The number of carbonyl (C=O) groups excluding carboxylic acids is 2. The first-order valence-corrected chi connectivity index (χ1v) is 9.47. The predicted molar refractivity (Wildman–Crippen MR) is 108 cm³/mol. The van der Waals surface area contributed by atoms with Crippen molar-refractivity contribution >= 4 is 29.1 Å². The fraction of sp³-hybridized carbons (Fsp3) is 0.333. The van der Waals surface area contributed by atoms with Crippen LogP contribution < -0.4 is 10.6 Å². The minimum atomic E-state index is -0.142. The van der Waals surface area contributed by atoms with E-state index in [9.17, 15) is 9.59 Å². The second-order valence-electron chi connectivity index (χ2n) is 6.99. The topological polar surface area (TPSA) is 61.4 Å². The molecule has 2 amide bonds. The number of benzene rings is 2. The summed E-state index contributed by atoms with van der Waals surface area (Å²) >= 11 is 6.25. The number of hydrogen-bond acceptors (Lipinski definition) is 3. The van der Waals surface area contributed by atoms with Gasteiger partial charge in [0, 0.05) is 28.4 Å². The first kappa shape index (κ1) is 19.4. The van der Waals surface area contributed by atoms with Crippen LogP contribution in [0, 0.1) is 0 Å². The number of nitrogens with zero attached hydrogens (tertiary/aromatic N) is 1. The van der Waals surface area contributed by atoms with Gasteiger partial charge in [-0.25, -0.2) is 0 Å². The van der Waals surface area contributed by atoms with Crippen molar-refractivity contribution in [2.24, 2.45) is 0 Å². The molecule has 0 radical (unpaired) electrons. The van der Waals surface area contributed by atoms with Crippen molar-refractivity contribution in [1.82, 2.24) is 10.2 Å². The monoisotopic (exact) mass is 385 g/mol. The van der Waals surface area contributed by atoms with Gasteiger partial charge in [-0.15, -0.1) is 0 Å². The van der Waals surface area contributed by atoms with Gasteiger partial charge in [0.15, 0.2) is 0 Å². The number of likely N-dealkylation sites (N-methyl/N-ethyl adjacent to an activating group) is 1. The first-order chi connectivity index (χ1) is 12.9. The van der Waals surface area contributed by atoms with Crippen LogP contribution in [-0.2, 0) is 4.79 Å². The van der Waals surface area contributed by atoms with E-state index in [-0.39, 0.29) is 24.4 Å². The molecule has 0 aromatic heterocycles. The van der Waals surface area contributed by atoms with Crippen LogP contribution in [0.15, 0.2) is 48.5 Å². The summed E-state index contributed by atoms with van der Waals surface area (Å²) in [5.41, 5.74) is 2.15. The number of amides is 2. The van der Waals surface area contributed by atoms with Crippen LogP contribution in [-0.4, -0.2) is 36.3 Å². The second kappa shape index (κ2) is 8.55. The first-order valence-electron chi connectivity index (χ1n) is 9.09. The van der Waals surface area contributed by atoms with Crippen molar-refractivity contribution < 1.29 is 9.59 Å². The molecule has 3 rings (SSSR count). The maximum atomic E-state index is 12.4. The van der Waals surface area contributed by atoms with Crippen molar-refractivity contribution in [2.45, 2.75) is 31.8 Å². The number of hydrogen-bond donors (Lipinski definition) is 2. The Balaban J connectivity index is 1.58. The number of rotatable bonds is 7. The lowest BCUT2D eigenvalue weighted by Crippen LogP contribution is -2.32. The van der Waals surface area contributed by atoms with Gasteiger partial charge in [0.1, 0.15) is 0 Å². The Kier molecular flexibility index (Phi) is 6.14. The molecular formula is C21H24ClN3O2. The molecule has 0 bridgehead atoms. The highest BCUT2D eigenvalue weighted by Gasteiger charge is 2.24. The quantitative estimate of drug-likeness (QED) is 0.760. The highest BCUT2D eigenvalue weighted by atomic mass is 35.5. The van der Waals surface area contributed by atoms with Crippen molar-refractivity contribution in [3.05, 3.63) is 64.7 Å². The molecule has 1 aliphatic carbocycles. The lowest BCUT2D eigenvalue weighted by molar-refractivity contribution is -0.117. The van der Waals surface area contributed by atoms with E-state index < -0.39 is 0 Å². The van der Waals surface area contributed by atoms with E-state index in [4.69, 9.17) is 11.6 Å². The number of nitrogens with one attached hydrogen (secondary N) is 2. The third kappa shape index (κ3) is 5.31. The fourth-order valence-electron chi connectivity index (χ4n) is 2.85. The molecule has 0 saturated heterocycles. The smallest absolute Gasteiger partial charge is 0.251 e. The molecule has 0 heterocycles. The van der Waals surface area contributed by atoms with Gasteiger partial charge in [-0.05, 0) is 56.6 Å². The maximum absolute atomic E-state index is 12.4. The van der Waals surface area contributed by atoms with Crippen LogP contribution in [0.3, 0.4) is 0 Å². The minimum absolute atomic E-state index is 0.0000962. The van der Waals surface area contributed by atoms with E-state index in [1.54, 1.807) is 24.3 Å². The fourth-order valence-corrected chi connectivity index (χ4v) is 3.14. The standard InChI is InChI=1S/C21H24ClN3O2/c1-14(18-8-3-4-9-19(18)22)25(2)13-20(26)23-17-7-5-6-15(12-17)21(27)24-16-10-11-16/h3-9,12,14,16H,10-11,13H2,1-2H3,(H,23,26)(H,24,27). The Hall–Kier alpha value is -2.37. The van der Waals surface area contributed by atoms with Gasteiger partial charge < -0.3 is 10.6 Å². The van der Waals surface area contributed by atoms with Gasteiger partial charge in [-0.3, -0.25) is 14.5 Å². The van der Waals surface area contributed by atoms with Crippen molar-refractivity contribution in [3.63, 3.8) is 0 Å². The summed E-state index contributed by atoms with van der Waals surface area (Å²) in [5.74, 6) is -0.241. The highest BCUT2D eigenvalue weighted by molar-refractivity contribution is 6.31. The molecule has 2 aromatic rings. The van der Waals surface area contributed by atoms with Crippen LogP contribution in [0.5, 0.6) is 0 Å². The molecule has 2 N–H and O–H groups in total. The van der Waals surface area contributed by atoms with Crippen LogP contribution in [0.1, 0.15) is 41.7 Å². The largest absolute Gasteiger partial charge is 0.349 e. The number of anilines is 1. The summed E-state index contributed by atoms with van der Waals surface area (Å²) in [6.07, 6.45) is 2.08. The Morgan fingerprint density at radius 3 is 2.63 bits per heavy atom. The summed E-state index contributed by atoms with van der Waals surface area (Å²) in [4.78, 5) is 26.5. The maximum Gasteiger partial charge on any atom is 0.251 e. The zero-order chi connectivity index (χ0) is 19.4. The van der Waals surface area contributed by atoms with E-state index in [0.717, 1.165) is 18.4 Å². The average molecular weight is 386 g/mol. The molecular weight excluding hydrogens is 362 g/mol. The van der Waals surface area contributed by atoms with Gasteiger partial charge in [-0.2, -0.15) is 0 Å². The van der Waals surface area contributed by atoms with Crippen molar-refractivity contribution in [1.29, 1.82) is 0 Å². The van der Waals surface area contributed by atoms with E-state index in [1.165, 1.54) is 0 Å². The minimum Gasteiger partial charge on any atom is -0.349 e. The molecule has 0 aliphatic heterocycles. The molecule has 2 aromatic carbocycles. The van der Waals surface area contributed by atoms with E-state index >= 15 is 0 Å². The van der Waals surface area contributed by atoms with Gasteiger partial charge in [-0.1, -0.05) is 35.9 Å². The van der Waals surface area contributed by atoms with Crippen LogP contribution in [0.25, 0.3) is 0 Å². The molecule has 27 heavy (non-hydrogen) atoms. The molecule has 0 spiro atoms. The highest BCUT2D eigenvalue weighted by Crippen LogP contribution is 2.26. The van der Waals surface area contributed by atoms with Crippen molar-refractivity contribution in [2.75, 3.05) is 18.9 Å². The number of halogens is 1. The third-order valence-corrected chi connectivity index (χ3v) is 5.07. The molecule has 1 atom stereocenters. The normalized spacial score (nSPS) is 14.7. The predicted octanol–water partition coefficient (Wildman–Crippen LogP) is 3.86. The van der Waals surface area contributed by atoms with Gasteiger partial charge in [0.05, 0.1) is 6.54 Å². The van der Waals surface area contributed by atoms with E-state index in [2.05, 4.69) is 10.6 Å². The summed E-state index contributed by atoms with van der Waals surface area (Å²) in [5, 5.41) is 6.50. The van der Waals surface area contributed by atoms with Crippen LogP contribution in [0.2, 0.25) is 5.02 Å². The van der Waals surface area contributed by atoms with Gasteiger partial charge in [0.2, 0.25) is 5.91 Å². The van der Waals surface area contributed by atoms with E-state index in [0.29, 0.717) is 22.3 Å². The SMILES string of the molecule is CC(c1ccccc1Cl)N(C)CC(=O)Nc1cccc(C(=O)NC2CC2)c1. The van der Waals surface area contributed by atoms with Crippen LogP contribution in [0.4, 0.5) is 5.69 Å². The molecule has 1 saturated carbocycles. The molecule has 1 unspecified atom stereocenters. The Morgan fingerprint density at radius 1 is 1.19 bits per heavy atom. The Labute approximate surface area is 164 Å². The molecule has 142 valence electrons. The summed E-state index contributed by atoms with van der Waals surface area (Å²) in [6, 6.07) is 14.9. The van der Waals surface area contributed by atoms with Gasteiger partial charge >= 0.3 is 0 Å². The summed E-state index contributed by atoms with van der Waals surface area (Å²) < 4.78 is 0. The van der Waals surface area contributed by atoms with Crippen molar-refractivity contribution in [3.8, 4) is 0 Å². The molecule has 6 heteroatoms. The molecule has 5 nitrogen and oxygen atoms in total. The van der Waals surface area contributed by atoms with E-state index in [1.807, 2.05) is 43.1 Å². The summed E-state index contributed by atoms with van der Waals surface area (Å²) in [7, 11) is 1.88. The van der Waals surface area contributed by atoms with Crippen LogP contribution >= 0.6 is 11.6 Å². The Morgan fingerprint density at radius 2 is 1.93 bits per heavy atom. The number of carbonyl (C=O) groups is 2. The van der Waals surface area contributed by atoms with Gasteiger partial charge in [0.25, 0.3) is 5.91 Å². The second-order valence-corrected chi connectivity index (χ2v) is 7.40. The third-order valence-electron chi connectivity index (χ3n) is 4.73. The average Bonchev–Trinajstić information content (AvgIpc) is 3.45. The zero-order valence-electron chi connectivity index (χ0n) is 15.5.